The average molecular weight is 379 g/mol. The van der Waals surface area contributed by atoms with E-state index in [1.165, 1.54) is 0 Å². The van der Waals surface area contributed by atoms with Crippen LogP contribution in [-0.2, 0) is 4.79 Å². The van der Waals surface area contributed by atoms with Gasteiger partial charge in [-0.2, -0.15) is 0 Å². The number of nitrogens with one attached hydrogen (secondary N) is 1. The first-order valence-electron chi connectivity index (χ1n) is 9.46. The lowest BCUT2D eigenvalue weighted by atomic mass is 9.97. The molecule has 1 aliphatic rings. The second-order valence-corrected chi connectivity index (χ2v) is 7.48. The van der Waals surface area contributed by atoms with E-state index in [0.29, 0.717) is 6.42 Å². The van der Waals surface area contributed by atoms with E-state index in [4.69, 9.17) is 11.6 Å². The Balaban J connectivity index is 1.83. The highest BCUT2D eigenvalue weighted by molar-refractivity contribution is 6.31. The Bertz CT molecular complexity index is 977. The first-order valence-corrected chi connectivity index (χ1v) is 9.83. The molecule has 2 heterocycles. The number of rotatable bonds is 5. The lowest BCUT2D eigenvalue weighted by molar-refractivity contribution is -0.132. The Morgan fingerprint density at radius 3 is 2.85 bits per heavy atom. The largest absolute Gasteiger partial charge is 0.356 e. The van der Waals surface area contributed by atoms with Crippen LogP contribution in [0.1, 0.15) is 37.4 Å². The molecular formula is C23H23ClN2O. The van der Waals surface area contributed by atoms with Crippen molar-refractivity contribution in [3.63, 3.8) is 0 Å². The van der Waals surface area contributed by atoms with E-state index in [-0.39, 0.29) is 11.9 Å². The van der Waals surface area contributed by atoms with E-state index < -0.39 is 0 Å². The van der Waals surface area contributed by atoms with E-state index in [1.807, 2.05) is 47.4 Å². The van der Waals surface area contributed by atoms with Gasteiger partial charge < -0.3 is 9.88 Å². The van der Waals surface area contributed by atoms with Crippen molar-refractivity contribution in [2.45, 2.75) is 31.7 Å². The van der Waals surface area contributed by atoms with Crippen molar-refractivity contribution in [1.29, 1.82) is 0 Å². The van der Waals surface area contributed by atoms with Gasteiger partial charge in [0.15, 0.2) is 0 Å². The number of likely N-dealkylation sites (tertiary alicyclic amines) is 1. The molecule has 3 nitrogen and oxygen atoms in total. The molecule has 0 radical (unpaired) electrons. The third-order valence-corrected chi connectivity index (χ3v) is 5.56. The van der Waals surface area contributed by atoms with E-state index in [1.54, 1.807) is 0 Å². The van der Waals surface area contributed by atoms with E-state index in [2.05, 4.69) is 23.7 Å². The van der Waals surface area contributed by atoms with E-state index in [9.17, 15) is 4.79 Å². The van der Waals surface area contributed by atoms with Crippen LogP contribution in [0.25, 0.3) is 22.0 Å². The summed E-state index contributed by atoms with van der Waals surface area (Å²) in [7, 11) is 0. The summed E-state index contributed by atoms with van der Waals surface area (Å²) in [5.74, 6) is 0.202. The van der Waals surface area contributed by atoms with Crippen molar-refractivity contribution in [3.05, 3.63) is 71.9 Å². The summed E-state index contributed by atoms with van der Waals surface area (Å²) in [6, 6.07) is 16.4. The first kappa shape index (κ1) is 17.9. The molecule has 1 aromatic heterocycles. The van der Waals surface area contributed by atoms with Gasteiger partial charge in [0, 0.05) is 40.1 Å². The molecule has 0 bridgehead atoms. The van der Waals surface area contributed by atoms with Gasteiger partial charge in [0.25, 0.3) is 0 Å². The van der Waals surface area contributed by atoms with Crippen molar-refractivity contribution in [3.8, 4) is 11.1 Å². The SMILES string of the molecule is C=CCCC(=O)N1CCCC1c1[nH]c2ccc(Cl)cc2c1-c1ccccc1. The molecule has 1 fully saturated rings. The number of carbonyl (C=O) groups is 1. The zero-order chi connectivity index (χ0) is 18.8. The molecule has 0 saturated carbocycles. The lowest BCUT2D eigenvalue weighted by Gasteiger charge is -2.25. The summed E-state index contributed by atoms with van der Waals surface area (Å²) in [5.41, 5.74) is 4.47. The van der Waals surface area contributed by atoms with Gasteiger partial charge >= 0.3 is 0 Å². The molecule has 1 unspecified atom stereocenters. The number of H-pyrrole nitrogens is 1. The van der Waals surface area contributed by atoms with Crippen LogP contribution in [0.3, 0.4) is 0 Å². The summed E-state index contributed by atoms with van der Waals surface area (Å²) in [4.78, 5) is 18.4. The number of hydrogen-bond acceptors (Lipinski definition) is 1. The van der Waals surface area contributed by atoms with Crippen LogP contribution in [0.2, 0.25) is 5.02 Å². The third kappa shape index (κ3) is 3.40. The van der Waals surface area contributed by atoms with Crippen molar-refractivity contribution in [2.24, 2.45) is 0 Å². The predicted octanol–water partition coefficient (Wildman–Crippen LogP) is 6.12. The standard InChI is InChI=1S/C23H23ClN2O/c1-2-3-11-21(27)26-14-7-10-20(26)23-22(16-8-5-4-6-9-16)18-15-17(24)12-13-19(18)25-23/h2,4-6,8-9,12-13,15,20,25H,1,3,7,10-11,14H2. The van der Waals surface area contributed by atoms with Gasteiger partial charge in [0.1, 0.15) is 0 Å². The zero-order valence-corrected chi connectivity index (χ0v) is 16.0. The van der Waals surface area contributed by atoms with Crippen molar-refractivity contribution < 1.29 is 4.79 Å². The third-order valence-electron chi connectivity index (χ3n) is 5.32. The van der Waals surface area contributed by atoms with Crippen LogP contribution in [-0.4, -0.2) is 22.3 Å². The number of aromatic nitrogens is 1. The summed E-state index contributed by atoms with van der Waals surface area (Å²) >= 11 is 6.30. The molecular weight excluding hydrogens is 356 g/mol. The van der Waals surface area contributed by atoms with Gasteiger partial charge in [0.05, 0.1) is 6.04 Å². The Kier molecular flexibility index (Phi) is 5.04. The minimum Gasteiger partial charge on any atom is -0.356 e. The molecule has 2 aromatic carbocycles. The molecule has 3 aromatic rings. The fraction of sp³-hybridized carbons (Fsp3) is 0.261. The van der Waals surface area contributed by atoms with Crippen LogP contribution >= 0.6 is 11.6 Å². The fourth-order valence-corrected chi connectivity index (χ4v) is 4.26. The molecule has 1 saturated heterocycles. The maximum Gasteiger partial charge on any atom is 0.223 e. The Morgan fingerprint density at radius 1 is 1.26 bits per heavy atom. The number of fused-ring (bicyclic) bond motifs is 1. The molecule has 138 valence electrons. The van der Waals surface area contributed by atoms with E-state index >= 15 is 0 Å². The van der Waals surface area contributed by atoms with Crippen molar-refractivity contribution in [1.82, 2.24) is 9.88 Å². The maximum absolute atomic E-state index is 12.7. The normalized spacial score (nSPS) is 16.8. The number of benzene rings is 2. The maximum atomic E-state index is 12.7. The number of allylic oxidation sites excluding steroid dienone is 1. The molecule has 0 spiro atoms. The highest BCUT2D eigenvalue weighted by atomic mass is 35.5. The monoisotopic (exact) mass is 378 g/mol. The summed E-state index contributed by atoms with van der Waals surface area (Å²) in [5, 5.41) is 1.82. The van der Waals surface area contributed by atoms with Crippen LogP contribution in [0, 0.1) is 0 Å². The number of halogens is 1. The quantitative estimate of drug-likeness (QED) is 0.533. The molecule has 1 amide bonds. The van der Waals surface area contributed by atoms with Gasteiger partial charge in [-0.1, -0.05) is 48.0 Å². The minimum atomic E-state index is 0.0729. The summed E-state index contributed by atoms with van der Waals surface area (Å²) < 4.78 is 0. The minimum absolute atomic E-state index is 0.0729. The molecule has 1 aliphatic heterocycles. The highest BCUT2D eigenvalue weighted by Crippen LogP contribution is 2.42. The smallest absolute Gasteiger partial charge is 0.223 e. The van der Waals surface area contributed by atoms with Gasteiger partial charge in [-0.15, -0.1) is 6.58 Å². The van der Waals surface area contributed by atoms with Crippen LogP contribution in [0.5, 0.6) is 0 Å². The summed E-state index contributed by atoms with van der Waals surface area (Å²) in [6.07, 6.45) is 5.04. The van der Waals surface area contributed by atoms with Crippen molar-refractivity contribution in [2.75, 3.05) is 6.54 Å². The number of hydrogen-bond donors (Lipinski definition) is 1. The molecule has 1 atom stereocenters. The van der Waals surface area contributed by atoms with Crippen LogP contribution in [0.15, 0.2) is 61.2 Å². The average Bonchev–Trinajstić information content (AvgIpc) is 3.31. The first-order chi connectivity index (χ1) is 13.2. The number of amides is 1. The second-order valence-electron chi connectivity index (χ2n) is 7.04. The Labute approximate surface area is 164 Å². The predicted molar refractivity (Wildman–Crippen MR) is 112 cm³/mol. The van der Waals surface area contributed by atoms with Crippen molar-refractivity contribution >= 4 is 28.4 Å². The molecule has 4 rings (SSSR count). The van der Waals surface area contributed by atoms with Gasteiger partial charge in [-0.3, -0.25) is 4.79 Å². The topological polar surface area (TPSA) is 36.1 Å². The van der Waals surface area contributed by atoms with Gasteiger partial charge in [-0.25, -0.2) is 0 Å². The zero-order valence-electron chi connectivity index (χ0n) is 15.2. The van der Waals surface area contributed by atoms with Crippen LogP contribution in [0.4, 0.5) is 0 Å². The highest BCUT2D eigenvalue weighted by Gasteiger charge is 2.33. The van der Waals surface area contributed by atoms with Gasteiger partial charge in [-0.05, 0) is 43.0 Å². The number of carbonyl (C=O) groups excluding carboxylic acids is 1. The molecule has 27 heavy (non-hydrogen) atoms. The summed E-state index contributed by atoms with van der Waals surface area (Å²) in [6.45, 7) is 4.55. The molecule has 1 N–H and O–H groups in total. The Morgan fingerprint density at radius 2 is 2.07 bits per heavy atom. The molecule has 0 aliphatic carbocycles. The van der Waals surface area contributed by atoms with Crippen LogP contribution < -0.4 is 0 Å². The fourth-order valence-electron chi connectivity index (χ4n) is 4.09. The lowest BCUT2D eigenvalue weighted by Crippen LogP contribution is -2.30. The number of nitrogens with zero attached hydrogens (tertiary/aromatic N) is 1. The second kappa shape index (κ2) is 7.61. The van der Waals surface area contributed by atoms with Gasteiger partial charge in [0.2, 0.25) is 5.91 Å². The van der Waals surface area contributed by atoms with E-state index in [0.717, 1.165) is 58.6 Å². The number of aromatic amines is 1. The Hall–Kier alpha value is -2.52. The molecule has 4 heteroatoms.